The maximum atomic E-state index is 13.3. The summed E-state index contributed by atoms with van der Waals surface area (Å²) in [6.45, 7) is 9.88. The summed E-state index contributed by atoms with van der Waals surface area (Å²) < 4.78 is 17.4. The van der Waals surface area contributed by atoms with Crippen molar-refractivity contribution >= 4 is 51.9 Å². The number of ether oxygens (including phenoxy) is 3. The van der Waals surface area contributed by atoms with Crippen molar-refractivity contribution in [3.63, 3.8) is 0 Å². The minimum absolute atomic E-state index is 0.129. The summed E-state index contributed by atoms with van der Waals surface area (Å²) in [5.41, 5.74) is 1.37. The van der Waals surface area contributed by atoms with Gasteiger partial charge in [0.25, 0.3) is 0 Å². The molecule has 238 valence electrons. The Labute approximate surface area is 265 Å². The molecule has 44 heavy (non-hydrogen) atoms. The van der Waals surface area contributed by atoms with Gasteiger partial charge in [0.2, 0.25) is 11.8 Å². The first-order valence-corrected chi connectivity index (χ1v) is 16.1. The van der Waals surface area contributed by atoms with E-state index in [9.17, 15) is 19.2 Å². The first kappa shape index (κ1) is 34.6. The average Bonchev–Trinajstić information content (AvgIpc) is 3.54. The highest BCUT2D eigenvalue weighted by atomic mass is 32.2. The van der Waals surface area contributed by atoms with Crippen molar-refractivity contribution in [3.05, 3.63) is 51.7 Å². The summed E-state index contributed by atoms with van der Waals surface area (Å²) in [6, 6.07) is 7.30. The lowest BCUT2D eigenvalue weighted by Gasteiger charge is -2.14. The van der Waals surface area contributed by atoms with Gasteiger partial charge in [-0.05, 0) is 57.4 Å². The van der Waals surface area contributed by atoms with Crippen molar-refractivity contribution in [2.24, 2.45) is 0 Å². The second kappa shape index (κ2) is 16.8. The maximum absolute atomic E-state index is 13.3. The predicted octanol–water partition coefficient (Wildman–Crippen LogP) is 4.79. The van der Waals surface area contributed by atoms with Gasteiger partial charge in [-0.1, -0.05) is 37.2 Å². The molecule has 2 aromatic heterocycles. The molecule has 0 unspecified atom stereocenters. The van der Waals surface area contributed by atoms with Crippen molar-refractivity contribution < 1.29 is 33.4 Å². The van der Waals surface area contributed by atoms with Gasteiger partial charge < -0.3 is 29.4 Å². The SMILES string of the molecule is CCCCn1c(CNC(=O)Cc2ccc(OC)cc2)nnc1S[C@H](C)C(=O)Nc1sc(C(=O)OCC)c(C)c1C(=O)OCC. The molecule has 2 amide bonds. The van der Waals surface area contributed by atoms with Gasteiger partial charge in [-0.2, -0.15) is 0 Å². The van der Waals surface area contributed by atoms with E-state index in [0.29, 0.717) is 23.1 Å². The van der Waals surface area contributed by atoms with E-state index < -0.39 is 23.1 Å². The Kier molecular flexibility index (Phi) is 13.2. The Morgan fingerprint density at radius 1 is 1.02 bits per heavy atom. The number of nitrogens with zero attached hydrogens (tertiary/aromatic N) is 3. The van der Waals surface area contributed by atoms with Gasteiger partial charge in [-0.25, -0.2) is 9.59 Å². The van der Waals surface area contributed by atoms with Crippen LogP contribution in [0.5, 0.6) is 5.75 Å². The van der Waals surface area contributed by atoms with E-state index in [-0.39, 0.29) is 47.5 Å². The number of hydrogen-bond acceptors (Lipinski definition) is 11. The molecule has 1 atom stereocenters. The number of nitrogens with one attached hydrogen (secondary N) is 2. The topological polar surface area (TPSA) is 151 Å². The highest BCUT2D eigenvalue weighted by molar-refractivity contribution is 8.00. The summed E-state index contributed by atoms with van der Waals surface area (Å²) in [4.78, 5) is 51.4. The number of rotatable bonds is 16. The van der Waals surface area contributed by atoms with Crippen LogP contribution in [0.4, 0.5) is 5.00 Å². The summed E-state index contributed by atoms with van der Waals surface area (Å²) in [5.74, 6) is -0.460. The van der Waals surface area contributed by atoms with Crippen LogP contribution in [0.25, 0.3) is 0 Å². The molecule has 1 aromatic carbocycles. The van der Waals surface area contributed by atoms with Crippen LogP contribution in [0.15, 0.2) is 29.4 Å². The highest BCUT2D eigenvalue weighted by Gasteiger charge is 2.29. The smallest absolute Gasteiger partial charge is 0.348 e. The van der Waals surface area contributed by atoms with E-state index in [1.54, 1.807) is 46.9 Å². The van der Waals surface area contributed by atoms with Gasteiger partial charge in [0.05, 0.1) is 44.1 Å². The molecule has 0 aliphatic heterocycles. The van der Waals surface area contributed by atoms with Crippen molar-refractivity contribution in [1.29, 1.82) is 0 Å². The van der Waals surface area contributed by atoms with Crippen LogP contribution in [0.3, 0.4) is 0 Å². The monoisotopic (exact) mass is 645 g/mol. The average molecular weight is 646 g/mol. The molecule has 14 heteroatoms. The van der Waals surface area contributed by atoms with E-state index in [2.05, 4.69) is 27.8 Å². The van der Waals surface area contributed by atoms with Crippen LogP contribution in [0.1, 0.15) is 77.5 Å². The number of methoxy groups -OCH3 is 1. The number of amides is 2. The second-order valence-corrected chi connectivity index (χ2v) is 12.0. The van der Waals surface area contributed by atoms with Crippen molar-refractivity contribution in [2.75, 3.05) is 25.6 Å². The number of carbonyl (C=O) groups excluding carboxylic acids is 4. The number of aromatic nitrogens is 3. The van der Waals surface area contributed by atoms with Gasteiger partial charge in [0.15, 0.2) is 11.0 Å². The lowest BCUT2D eigenvalue weighted by Crippen LogP contribution is -2.26. The zero-order valence-corrected chi connectivity index (χ0v) is 27.5. The third-order valence-electron chi connectivity index (χ3n) is 6.47. The van der Waals surface area contributed by atoms with Crippen LogP contribution in [-0.2, 0) is 38.6 Å². The van der Waals surface area contributed by atoms with Crippen molar-refractivity contribution in [3.8, 4) is 5.75 Å². The fourth-order valence-electron chi connectivity index (χ4n) is 4.11. The Morgan fingerprint density at radius 3 is 2.34 bits per heavy atom. The quantitative estimate of drug-likeness (QED) is 0.164. The Hall–Kier alpha value is -3.91. The van der Waals surface area contributed by atoms with E-state index in [0.717, 1.165) is 35.5 Å². The van der Waals surface area contributed by atoms with Crippen molar-refractivity contribution in [2.45, 2.75) is 77.4 Å². The molecule has 2 heterocycles. The molecule has 0 saturated heterocycles. The minimum atomic E-state index is -0.638. The van der Waals surface area contributed by atoms with Gasteiger partial charge in [-0.3, -0.25) is 9.59 Å². The molecule has 3 aromatic rings. The third kappa shape index (κ3) is 9.05. The normalized spacial score (nSPS) is 11.5. The molecule has 0 bridgehead atoms. The number of hydrogen-bond donors (Lipinski definition) is 2. The number of esters is 2. The molecule has 0 radical (unpaired) electrons. The molecule has 0 fully saturated rings. The van der Waals surface area contributed by atoms with Gasteiger partial charge in [0.1, 0.15) is 15.6 Å². The summed E-state index contributed by atoms with van der Waals surface area (Å²) in [5, 5.41) is 14.4. The number of thioether (sulfide) groups is 1. The second-order valence-electron chi connectivity index (χ2n) is 9.66. The summed E-state index contributed by atoms with van der Waals surface area (Å²) >= 11 is 2.18. The van der Waals surface area contributed by atoms with E-state index in [1.165, 1.54) is 11.8 Å². The first-order chi connectivity index (χ1) is 21.1. The Bertz CT molecular complexity index is 1450. The molecular weight excluding hydrogens is 606 g/mol. The fourth-order valence-corrected chi connectivity index (χ4v) is 6.10. The number of benzene rings is 1. The molecule has 0 aliphatic carbocycles. The number of carbonyl (C=O) groups is 4. The zero-order chi connectivity index (χ0) is 32.2. The largest absolute Gasteiger partial charge is 0.497 e. The number of anilines is 1. The van der Waals surface area contributed by atoms with E-state index >= 15 is 0 Å². The Morgan fingerprint density at radius 2 is 1.70 bits per heavy atom. The lowest BCUT2D eigenvalue weighted by atomic mass is 10.1. The van der Waals surface area contributed by atoms with Crippen molar-refractivity contribution in [1.82, 2.24) is 20.1 Å². The fraction of sp³-hybridized carbons (Fsp3) is 0.467. The molecule has 2 N–H and O–H groups in total. The molecule has 0 saturated carbocycles. The maximum Gasteiger partial charge on any atom is 0.348 e. The van der Waals surface area contributed by atoms with Crippen LogP contribution < -0.4 is 15.4 Å². The van der Waals surface area contributed by atoms with Crippen LogP contribution in [0.2, 0.25) is 0 Å². The van der Waals surface area contributed by atoms with E-state index in [4.69, 9.17) is 14.2 Å². The summed E-state index contributed by atoms with van der Waals surface area (Å²) in [7, 11) is 1.59. The lowest BCUT2D eigenvalue weighted by molar-refractivity contribution is -0.120. The predicted molar refractivity (Wildman–Crippen MR) is 168 cm³/mol. The van der Waals surface area contributed by atoms with Gasteiger partial charge >= 0.3 is 11.9 Å². The molecule has 0 aliphatic rings. The first-order valence-electron chi connectivity index (χ1n) is 14.4. The van der Waals surface area contributed by atoms with Gasteiger partial charge in [0, 0.05) is 6.54 Å². The highest BCUT2D eigenvalue weighted by Crippen LogP contribution is 2.35. The van der Waals surface area contributed by atoms with Crippen LogP contribution >= 0.6 is 23.1 Å². The minimum Gasteiger partial charge on any atom is -0.497 e. The Balaban J connectivity index is 1.72. The third-order valence-corrected chi connectivity index (χ3v) is 8.74. The van der Waals surface area contributed by atoms with E-state index in [1.807, 2.05) is 16.7 Å². The number of thiophene rings is 1. The summed E-state index contributed by atoms with van der Waals surface area (Å²) in [6.07, 6.45) is 1.99. The van der Waals surface area contributed by atoms with Crippen LogP contribution in [-0.4, -0.2) is 64.1 Å². The van der Waals surface area contributed by atoms with Crippen LogP contribution in [0, 0.1) is 6.92 Å². The molecular formula is C30H39N5O7S2. The number of unbranched alkanes of at least 4 members (excludes halogenated alkanes) is 1. The molecule has 3 rings (SSSR count). The molecule has 12 nitrogen and oxygen atoms in total. The molecule has 0 spiro atoms. The van der Waals surface area contributed by atoms with Gasteiger partial charge in [-0.15, -0.1) is 21.5 Å². The standard InChI is InChI=1S/C30H39N5O7S2/c1-7-10-15-35-22(17-31-23(36)16-20-11-13-21(40-6)14-12-20)33-34-30(35)43-19(5)26(37)32-27-24(28(38)41-8-2)18(4)25(44-27)29(39)42-9-3/h11-14,19H,7-10,15-17H2,1-6H3,(H,31,36)(H,32,37)/t19-/m1/s1. The zero-order valence-electron chi connectivity index (χ0n) is 25.9.